The molecule has 4 rings (SSSR count). The molecule has 0 aliphatic rings. The lowest BCUT2D eigenvalue weighted by Gasteiger charge is -2.25. The maximum atomic E-state index is 15.8. The zero-order valence-corrected chi connectivity index (χ0v) is 15.4. The van der Waals surface area contributed by atoms with Crippen molar-refractivity contribution in [1.82, 2.24) is 0 Å². The Bertz CT molecular complexity index is 1090. The van der Waals surface area contributed by atoms with E-state index in [0.717, 1.165) is 11.1 Å². The van der Waals surface area contributed by atoms with Gasteiger partial charge in [0.1, 0.15) is 5.82 Å². The minimum atomic E-state index is -0.395. The van der Waals surface area contributed by atoms with Crippen LogP contribution < -0.4 is 4.90 Å². The topological polar surface area (TPSA) is 3.24 Å². The molecule has 0 atom stereocenters. The lowest BCUT2D eigenvalue weighted by atomic mass is 9.96. The van der Waals surface area contributed by atoms with Crippen LogP contribution in [-0.4, -0.2) is 7.05 Å². The first kappa shape index (κ1) is 17.9. The lowest BCUT2D eigenvalue weighted by Crippen LogP contribution is -2.14. The molecule has 0 radical (unpaired) electrons. The highest BCUT2D eigenvalue weighted by atomic mass is 19.1. The first-order valence-electron chi connectivity index (χ1n) is 9.08. The molecule has 4 aromatic carbocycles. The molecule has 0 fully saturated rings. The maximum Gasteiger partial charge on any atom is 0.155 e. The van der Waals surface area contributed by atoms with E-state index in [1.54, 1.807) is 36.2 Å². The van der Waals surface area contributed by atoms with E-state index < -0.39 is 5.82 Å². The monoisotopic (exact) mass is 371 g/mol. The van der Waals surface area contributed by atoms with Crippen molar-refractivity contribution >= 4 is 11.4 Å². The molecule has 0 N–H and O–H groups in total. The third kappa shape index (κ3) is 3.27. The lowest BCUT2D eigenvalue weighted by molar-refractivity contribution is 0.619. The SMILES string of the molecule is CN(c1ccccc1F)c1c(-c2ccccc2)ccc(-c2ccccc2)c1F. The standard InChI is InChI=1S/C25H19F2N/c1-28(23-15-9-8-14-22(23)26)25-21(19-12-6-3-7-13-19)17-16-20(24(25)27)18-10-4-2-5-11-18/h2-17H,1H3. The Morgan fingerprint density at radius 2 is 1.07 bits per heavy atom. The van der Waals surface area contributed by atoms with E-state index >= 15 is 4.39 Å². The average molecular weight is 371 g/mol. The van der Waals surface area contributed by atoms with Crippen molar-refractivity contribution in [3.8, 4) is 22.3 Å². The number of benzene rings is 4. The van der Waals surface area contributed by atoms with Gasteiger partial charge in [-0.1, -0.05) is 84.9 Å². The molecular weight excluding hydrogens is 352 g/mol. The summed E-state index contributed by atoms with van der Waals surface area (Å²) in [5.74, 6) is -0.771. The molecule has 0 saturated heterocycles. The summed E-state index contributed by atoms with van der Waals surface area (Å²) in [6, 6.07) is 29.1. The largest absolute Gasteiger partial charge is 0.339 e. The molecule has 28 heavy (non-hydrogen) atoms. The zero-order valence-electron chi connectivity index (χ0n) is 15.4. The van der Waals surface area contributed by atoms with Gasteiger partial charge in [-0.2, -0.15) is 0 Å². The van der Waals surface area contributed by atoms with Crippen LogP contribution in [0, 0.1) is 11.6 Å². The molecule has 0 heterocycles. The van der Waals surface area contributed by atoms with Crippen molar-refractivity contribution in [2.75, 3.05) is 11.9 Å². The number of nitrogens with zero attached hydrogens (tertiary/aromatic N) is 1. The number of rotatable bonds is 4. The van der Waals surface area contributed by atoms with Crippen LogP contribution in [0.15, 0.2) is 97.1 Å². The van der Waals surface area contributed by atoms with Gasteiger partial charge in [0.2, 0.25) is 0 Å². The van der Waals surface area contributed by atoms with Gasteiger partial charge in [0, 0.05) is 18.2 Å². The Balaban J connectivity index is 1.96. The first-order chi connectivity index (χ1) is 13.7. The Kier molecular flexibility index (Phi) is 4.90. The first-order valence-corrected chi connectivity index (χ1v) is 9.08. The summed E-state index contributed by atoms with van der Waals surface area (Å²) in [5.41, 5.74) is 3.52. The van der Waals surface area contributed by atoms with Crippen LogP contribution in [0.25, 0.3) is 22.3 Å². The van der Waals surface area contributed by atoms with E-state index in [2.05, 4.69) is 0 Å². The highest BCUT2D eigenvalue weighted by molar-refractivity contribution is 5.86. The molecule has 0 saturated carbocycles. The maximum absolute atomic E-state index is 15.8. The molecule has 0 aromatic heterocycles. The summed E-state index contributed by atoms with van der Waals surface area (Å²) in [6.45, 7) is 0. The Labute approximate surface area is 163 Å². The van der Waals surface area contributed by atoms with Crippen molar-refractivity contribution in [1.29, 1.82) is 0 Å². The molecule has 1 nitrogen and oxygen atoms in total. The van der Waals surface area contributed by atoms with Crippen LogP contribution in [0.4, 0.5) is 20.2 Å². The fourth-order valence-corrected chi connectivity index (χ4v) is 3.43. The van der Waals surface area contributed by atoms with Gasteiger partial charge in [-0.3, -0.25) is 0 Å². The van der Waals surface area contributed by atoms with Gasteiger partial charge in [0.05, 0.1) is 11.4 Å². The summed E-state index contributed by atoms with van der Waals surface area (Å²) >= 11 is 0. The van der Waals surface area contributed by atoms with Gasteiger partial charge < -0.3 is 4.90 Å². The Morgan fingerprint density at radius 1 is 0.571 bits per heavy atom. The molecule has 138 valence electrons. The number of para-hydroxylation sites is 1. The van der Waals surface area contributed by atoms with Gasteiger partial charge >= 0.3 is 0 Å². The third-order valence-electron chi connectivity index (χ3n) is 4.83. The summed E-state index contributed by atoms with van der Waals surface area (Å²) < 4.78 is 30.3. The summed E-state index contributed by atoms with van der Waals surface area (Å²) in [4.78, 5) is 1.58. The second-order valence-corrected chi connectivity index (χ2v) is 6.57. The second kappa shape index (κ2) is 7.65. The van der Waals surface area contributed by atoms with E-state index in [4.69, 9.17) is 0 Å². The molecule has 0 bridgehead atoms. The Hall–Kier alpha value is -3.46. The fraction of sp³-hybridized carbons (Fsp3) is 0.0400. The highest BCUT2D eigenvalue weighted by Gasteiger charge is 2.21. The Morgan fingerprint density at radius 3 is 1.68 bits per heavy atom. The predicted molar refractivity (Wildman–Crippen MR) is 112 cm³/mol. The van der Waals surface area contributed by atoms with Crippen molar-refractivity contribution in [3.05, 3.63) is 109 Å². The summed E-state index contributed by atoms with van der Waals surface area (Å²) in [5, 5.41) is 0. The molecular formula is C25H19F2N. The average Bonchev–Trinajstić information content (AvgIpc) is 2.74. The third-order valence-corrected chi connectivity index (χ3v) is 4.83. The minimum Gasteiger partial charge on any atom is -0.339 e. The van der Waals surface area contributed by atoms with E-state index in [9.17, 15) is 4.39 Å². The van der Waals surface area contributed by atoms with Crippen LogP contribution in [0.3, 0.4) is 0 Å². The quantitative estimate of drug-likeness (QED) is 0.371. The highest BCUT2D eigenvalue weighted by Crippen LogP contribution is 2.41. The van der Waals surface area contributed by atoms with Gasteiger partial charge in [-0.25, -0.2) is 8.78 Å². The van der Waals surface area contributed by atoms with Gasteiger partial charge in [-0.15, -0.1) is 0 Å². The van der Waals surface area contributed by atoms with E-state index in [0.29, 0.717) is 22.5 Å². The number of hydrogen-bond donors (Lipinski definition) is 0. The van der Waals surface area contributed by atoms with Crippen LogP contribution in [0.2, 0.25) is 0 Å². The molecule has 0 amide bonds. The predicted octanol–water partition coefficient (Wildman–Crippen LogP) is 7.07. The molecule has 0 spiro atoms. The van der Waals surface area contributed by atoms with Crippen molar-refractivity contribution in [3.63, 3.8) is 0 Å². The minimum absolute atomic E-state index is 0.323. The number of anilines is 2. The van der Waals surface area contributed by atoms with E-state index in [1.165, 1.54) is 6.07 Å². The van der Waals surface area contributed by atoms with Crippen molar-refractivity contribution < 1.29 is 8.78 Å². The second-order valence-electron chi connectivity index (χ2n) is 6.57. The summed E-state index contributed by atoms with van der Waals surface area (Å²) in [6.07, 6.45) is 0. The van der Waals surface area contributed by atoms with Crippen molar-refractivity contribution in [2.45, 2.75) is 0 Å². The van der Waals surface area contributed by atoms with Crippen LogP contribution >= 0.6 is 0 Å². The van der Waals surface area contributed by atoms with Crippen LogP contribution in [0.1, 0.15) is 0 Å². The van der Waals surface area contributed by atoms with Crippen LogP contribution in [-0.2, 0) is 0 Å². The van der Waals surface area contributed by atoms with Gasteiger partial charge in [0.15, 0.2) is 5.82 Å². The van der Waals surface area contributed by atoms with Gasteiger partial charge in [0.25, 0.3) is 0 Å². The molecule has 0 aliphatic heterocycles. The summed E-state index contributed by atoms with van der Waals surface area (Å²) in [7, 11) is 1.69. The van der Waals surface area contributed by atoms with E-state index in [1.807, 2.05) is 66.7 Å². The molecule has 3 heteroatoms. The number of halogens is 2. The van der Waals surface area contributed by atoms with E-state index in [-0.39, 0.29) is 5.82 Å². The van der Waals surface area contributed by atoms with Crippen LogP contribution in [0.5, 0.6) is 0 Å². The zero-order chi connectivity index (χ0) is 19.5. The smallest absolute Gasteiger partial charge is 0.155 e. The van der Waals surface area contributed by atoms with Gasteiger partial charge in [-0.05, 0) is 23.3 Å². The molecule has 0 unspecified atom stereocenters. The fourth-order valence-electron chi connectivity index (χ4n) is 3.43. The molecule has 0 aliphatic carbocycles. The van der Waals surface area contributed by atoms with Crippen molar-refractivity contribution in [2.24, 2.45) is 0 Å². The number of hydrogen-bond acceptors (Lipinski definition) is 1. The molecule has 4 aromatic rings. The normalized spacial score (nSPS) is 10.7.